The van der Waals surface area contributed by atoms with Gasteiger partial charge in [0.15, 0.2) is 11.5 Å². The van der Waals surface area contributed by atoms with Crippen LogP contribution in [0.4, 0.5) is 0 Å². The van der Waals surface area contributed by atoms with E-state index < -0.39 is 11.1 Å². The molecule has 1 aliphatic rings. The molecule has 1 aliphatic heterocycles. The Balaban J connectivity index is 1.78. The first kappa shape index (κ1) is 16.8. The van der Waals surface area contributed by atoms with E-state index in [1.807, 2.05) is 25.1 Å². The minimum atomic E-state index is -0.910. The Morgan fingerprint density at radius 1 is 1.48 bits per heavy atom. The van der Waals surface area contributed by atoms with Crippen LogP contribution in [0.25, 0.3) is 0 Å². The zero-order valence-electron chi connectivity index (χ0n) is 12.7. The van der Waals surface area contributed by atoms with Crippen LogP contribution >= 0.6 is 0 Å². The summed E-state index contributed by atoms with van der Waals surface area (Å²) in [4.78, 5) is 26.1. The summed E-state index contributed by atoms with van der Waals surface area (Å²) in [6, 6.07) is 4.60. The number of amides is 1. The summed E-state index contributed by atoms with van der Waals surface area (Å²) in [7, 11) is 0. The number of nitrogens with one attached hydrogen (secondary N) is 1. The summed E-state index contributed by atoms with van der Waals surface area (Å²) in [5.74, 6) is 1.03. The van der Waals surface area contributed by atoms with E-state index in [0.29, 0.717) is 17.9 Å². The Hall–Kier alpha value is -2.55. The van der Waals surface area contributed by atoms with Crippen molar-refractivity contribution >= 4 is 5.91 Å². The van der Waals surface area contributed by atoms with Crippen LogP contribution in [0.1, 0.15) is 18.9 Å². The highest BCUT2D eigenvalue weighted by atomic mass is 16.9. The van der Waals surface area contributed by atoms with Crippen LogP contribution in [-0.4, -0.2) is 36.5 Å². The molecule has 0 aromatic heterocycles. The van der Waals surface area contributed by atoms with Gasteiger partial charge in [-0.15, -0.1) is 10.1 Å². The van der Waals surface area contributed by atoms with Crippen LogP contribution in [-0.2, 0) is 16.1 Å². The lowest BCUT2D eigenvalue weighted by Crippen LogP contribution is -2.45. The second kappa shape index (κ2) is 7.63. The molecule has 126 valence electrons. The highest BCUT2D eigenvalue weighted by molar-refractivity contribution is 5.81. The molecule has 9 nitrogen and oxygen atoms in total. The monoisotopic (exact) mass is 325 g/mol. The summed E-state index contributed by atoms with van der Waals surface area (Å²) in [6.07, 6.45) is 0.671. The molecule has 0 bridgehead atoms. The second-order valence-electron chi connectivity index (χ2n) is 5.25. The Bertz CT molecular complexity index is 580. The van der Waals surface area contributed by atoms with Crippen LogP contribution in [0.3, 0.4) is 0 Å². The van der Waals surface area contributed by atoms with E-state index in [-0.39, 0.29) is 31.8 Å². The van der Waals surface area contributed by atoms with Gasteiger partial charge in [-0.3, -0.25) is 4.79 Å². The van der Waals surface area contributed by atoms with Crippen molar-refractivity contribution < 1.29 is 24.2 Å². The number of ether oxygens (including phenoxy) is 2. The van der Waals surface area contributed by atoms with Crippen molar-refractivity contribution in [1.29, 1.82) is 0 Å². The molecule has 0 aliphatic carbocycles. The molecule has 23 heavy (non-hydrogen) atoms. The maximum Gasteiger partial charge on any atom is 0.294 e. The van der Waals surface area contributed by atoms with E-state index >= 15 is 0 Å². The number of carbonyl (C=O) groups is 1. The van der Waals surface area contributed by atoms with Gasteiger partial charge in [-0.25, -0.2) is 0 Å². The van der Waals surface area contributed by atoms with Gasteiger partial charge in [0.25, 0.3) is 5.09 Å². The first-order chi connectivity index (χ1) is 11.0. The summed E-state index contributed by atoms with van der Waals surface area (Å²) < 4.78 is 10.5. The van der Waals surface area contributed by atoms with Crippen molar-refractivity contribution in [2.75, 3.05) is 13.4 Å². The quantitative estimate of drug-likeness (QED) is 0.523. The van der Waals surface area contributed by atoms with E-state index in [1.54, 1.807) is 0 Å². The number of hydrogen-bond donors (Lipinski definition) is 2. The maximum atomic E-state index is 11.9. The van der Waals surface area contributed by atoms with Crippen molar-refractivity contribution in [3.63, 3.8) is 0 Å². The number of nitrogens with two attached hydrogens (primary N) is 1. The fourth-order valence-corrected chi connectivity index (χ4v) is 2.21. The molecule has 1 heterocycles. The molecular weight excluding hydrogens is 306 g/mol. The van der Waals surface area contributed by atoms with E-state index in [2.05, 4.69) is 10.2 Å². The average Bonchev–Trinajstić information content (AvgIpc) is 2.94. The molecule has 9 heteroatoms. The number of nitrogens with zero attached hydrogens (tertiary/aromatic N) is 1. The third-order valence-electron chi connectivity index (χ3n) is 3.33. The van der Waals surface area contributed by atoms with Gasteiger partial charge >= 0.3 is 0 Å². The van der Waals surface area contributed by atoms with Crippen molar-refractivity contribution in [3.8, 4) is 11.5 Å². The van der Waals surface area contributed by atoms with Crippen molar-refractivity contribution in [3.05, 3.63) is 33.9 Å². The maximum absolute atomic E-state index is 11.9. The largest absolute Gasteiger partial charge is 0.454 e. The van der Waals surface area contributed by atoms with Gasteiger partial charge in [0.1, 0.15) is 0 Å². The third kappa shape index (κ3) is 4.99. The number of hydrogen-bond acceptors (Lipinski definition) is 7. The summed E-state index contributed by atoms with van der Waals surface area (Å²) >= 11 is 0. The van der Waals surface area contributed by atoms with Gasteiger partial charge < -0.3 is 25.4 Å². The fraction of sp³-hybridized carbons (Fsp3) is 0.500. The molecule has 1 amide bonds. The standard InChI is InChI=1S/C14H19N3O6/c1-9(16-14(18)11(15)4-5-23-17(19)20)6-10-2-3-12-13(7-10)22-8-21-12/h2-3,7,9,11H,4-6,8,15H2,1H3,(H,16,18)/t9-,11?/m1/s1. The average molecular weight is 325 g/mol. The lowest BCUT2D eigenvalue weighted by Gasteiger charge is -2.17. The van der Waals surface area contributed by atoms with Crippen LogP contribution < -0.4 is 20.5 Å². The molecule has 1 unspecified atom stereocenters. The molecule has 0 saturated carbocycles. The Morgan fingerprint density at radius 2 is 2.22 bits per heavy atom. The summed E-state index contributed by atoms with van der Waals surface area (Å²) in [6.45, 7) is 1.85. The van der Waals surface area contributed by atoms with E-state index in [4.69, 9.17) is 15.2 Å². The highest BCUT2D eigenvalue weighted by Crippen LogP contribution is 2.32. The first-order valence-corrected chi connectivity index (χ1v) is 7.17. The van der Waals surface area contributed by atoms with Crippen LogP contribution in [0, 0.1) is 10.1 Å². The topological polar surface area (TPSA) is 126 Å². The second-order valence-corrected chi connectivity index (χ2v) is 5.25. The molecular formula is C14H19N3O6. The van der Waals surface area contributed by atoms with Gasteiger partial charge in [0.2, 0.25) is 12.7 Å². The minimum Gasteiger partial charge on any atom is -0.454 e. The summed E-state index contributed by atoms with van der Waals surface area (Å²) in [5, 5.41) is 11.9. The van der Waals surface area contributed by atoms with Crippen molar-refractivity contribution in [1.82, 2.24) is 5.32 Å². The summed E-state index contributed by atoms with van der Waals surface area (Å²) in [5.41, 5.74) is 6.66. The van der Waals surface area contributed by atoms with Gasteiger partial charge in [-0.05, 0) is 37.5 Å². The lowest BCUT2D eigenvalue weighted by molar-refractivity contribution is -0.757. The molecule has 1 aromatic rings. The van der Waals surface area contributed by atoms with Crippen molar-refractivity contribution in [2.45, 2.75) is 31.8 Å². The third-order valence-corrected chi connectivity index (χ3v) is 3.33. The Morgan fingerprint density at radius 3 is 2.96 bits per heavy atom. The smallest absolute Gasteiger partial charge is 0.294 e. The zero-order valence-corrected chi connectivity index (χ0v) is 12.7. The number of fused-ring (bicyclic) bond motifs is 1. The predicted octanol–water partition coefficient (Wildman–Crippen LogP) is 0.388. The minimum absolute atomic E-state index is 0.0730. The zero-order chi connectivity index (χ0) is 16.8. The van der Waals surface area contributed by atoms with Crippen LogP contribution in [0.2, 0.25) is 0 Å². The molecule has 0 saturated heterocycles. The highest BCUT2D eigenvalue weighted by Gasteiger charge is 2.18. The number of rotatable bonds is 8. The van der Waals surface area contributed by atoms with Crippen LogP contribution in [0.5, 0.6) is 11.5 Å². The SMILES string of the molecule is C[C@H](Cc1ccc2c(c1)OCO2)NC(=O)C(N)CCO[N+](=O)[O-]. The number of benzene rings is 1. The van der Waals surface area contributed by atoms with Gasteiger partial charge in [0, 0.05) is 6.04 Å². The Kier molecular flexibility index (Phi) is 5.58. The van der Waals surface area contributed by atoms with Crippen LogP contribution in [0.15, 0.2) is 18.2 Å². The van der Waals surface area contributed by atoms with Gasteiger partial charge in [-0.1, -0.05) is 6.07 Å². The molecule has 0 radical (unpaired) electrons. The van der Waals surface area contributed by atoms with E-state index in [0.717, 1.165) is 5.56 Å². The predicted molar refractivity (Wildman–Crippen MR) is 79.4 cm³/mol. The molecule has 0 spiro atoms. The Labute approximate surface area is 132 Å². The van der Waals surface area contributed by atoms with E-state index in [9.17, 15) is 14.9 Å². The normalized spacial score (nSPS) is 14.9. The number of carbonyl (C=O) groups excluding carboxylic acids is 1. The van der Waals surface area contributed by atoms with Gasteiger partial charge in [-0.2, -0.15) is 0 Å². The molecule has 2 atom stereocenters. The molecule has 2 rings (SSSR count). The molecule has 3 N–H and O–H groups in total. The van der Waals surface area contributed by atoms with E-state index in [1.165, 1.54) is 0 Å². The van der Waals surface area contributed by atoms with Gasteiger partial charge in [0.05, 0.1) is 12.6 Å². The van der Waals surface area contributed by atoms with Crippen molar-refractivity contribution in [2.24, 2.45) is 5.73 Å². The lowest BCUT2D eigenvalue weighted by atomic mass is 10.1. The first-order valence-electron chi connectivity index (χ1n) is 7.17. The molecule has 0 fully saturated rings. The molecule has 1 aromatic carbocycles. The fourth-order valence-electron chi connectivity index (χ4n) is 2.21.